The zero-order valence-electron chi connectivity index (χ0n) is 21.1. The average molecular weight is 596 g/mol. The van der Waals surface area contributed by atoms with Gasteiger partial charge >= 0.3 is 6.03 Å². The molecule has 1 aliphatic rings. The Bertz CT molecular complexity index is 1500. The molecule has 3 aromatic carbocycles. The lowest BCUT2D eigenvalue weighted by Crippen LogP contribution is -2.54. The number of ether oxygens (including phenoxy) is 2. The highest BCUT2D eigenvalue weighted by Gasteiger charge is 2.37. The van der Waals surface area contributed by atoms with Gasteiger partial charge in [-0.05, 0) is 85.1 Å². The molecule has 9 nitrogen and oxygen atoms in total. The molecule has 11 heteroatoms. The van der Waals surface area contributed by atoms with E-state index < -0.39 is 29.6 Å². The average Bonchev–Trinajstić information content (AvgIpc) is 2.87. The first-order valence-electron chi connectivity index (χ1n) is 11.6. The molecule has 0 atom stereocenters. The monoisotopic (exact) mass is 595 g/mol. The topological polar surface area (TPSA) is 114 Å². The van der Waals surface area contributed by atoms with Crippen molar-refractivity contribution in [1.29, 1.82) is 0 Å². The molecule has 200 valence electrons. The molecule has 3 aromatic rings. The van der Waals surface area contributed by atoms with E-state index >= 15 is 0 Å². The number of rotatable bonds is 7. The van der Waals surface area contributed by atoms with Gasteiger partial charge in [0.05, 0.1) is 12.8 Å². The number of halogens is 2. The van der Waals surface area contributed by atoms with E-state index in [2.05, 4.69) is 26.6 Å². The molecule has 2 N–H and O–H groups in total. The predicted octanol–water partition coefficient (Wildman–Crippen LogP) is 4.90. The summed E-state index contributed by atoms with van der Waals surface area (Å²) in [7, 11) is 1.39. The normalized spacial score (nSPS) is 14.3. The van der Waals surface area contributed by atoms with Crippen molar-refractivity contribution in [2.75, 3.05) is 23.9 Å². The molecule has 0 unspecified atom stereocenters. The summed E-state index contributed by atoms with van der Waals surface area (Å²) in [6.45, 7) is 3.31. The summed E-state index contributed by atoms with van der Waals surface area (Å²) in [5.41, 5.74) is 2.58. The lowest BCUT2D eigenvalue weighted by molar-refractivity contribution is -0.122. The molecule has 1 saturated heterocycles. The van der Waals surface area contributed by atoms with Gasteiger partial charge < -0.3 is 14.8 Å². The molecule has 1 aliphatic heterocycles. The van der Waals surface area contributed by atoms with Crippen molar-refractivity contribution < 1.29 is 33.0 Å². The molecule has 0 bridgehead atoms. The Labute approximate surface area is 231 Å². The molecule has 0 aromatic heterocycles. The number of methoxy groups -OCH3 is 1. The number of urea groups is 1. The maximum absolute atomic E-state index is 13.3. The number of nitrogens with zero attached hydrogens (tertiary/aromatic N) is 1. The van der Waals surface area contributed by atoms with Gasteiger partial charge in [-0.15, -0.1) is 0 Å². The first-order valence-corrected chi connectivity index (χ1v) is 12.4. The van der Waals surface area contributed by atoms with E-state index in [1.54, 1.807) is 12.1 Å². The van der Waals surface area contributed by atoms with Crippen LogP contribution in [0.5, 0.6) is 11.5 Å². The number of barbiturate groups is 1. The first kappa shape index (κ1) is 27.5. The van der Waals surface area contributed by atoms with Crippen molar-refractivity contribution in [3.63, 3.8) is 0 Å². The third-order valence-corrected chi connectivity index (χ3v) is 6.32. The second kappa shape index (κ2) is 11.5. The molecule has 5 amide bonds. The fourth-order valence-corrected chi connectivity index (χ4v) is 4.37. The van der Waals surface area contributed by atoms with Crippen LogP contribution in [-0.4, -0.2) is 37.5 Å². The van der Waals surface area contributed by atoms with Gasteiger partial charge in [0, 0.05) is 10.2 Å². The van der Waals surface area contributed by atoms with Crippen LogP contribution >= 0.6 is 15.9 Å². The van der Waals surface area contributed by atoms with Crippen LogP contribution in [0.3, 0.4) is 0 Å². The van der Waals surface area contributed by atoms with Gasteiger partial charge in [-0.2, -0.15) is 0 Å². The second-order valence-corrected chi connectivity index (χ2v) is 9.53. The highest BCUT2D eigenvalue weighted by atomic mass is 79.9. The minimum Gasteiger partial charge on any atom is -0.493 e. The van der Waals surface area contributed by atoms with Crippen LogP contribution in [0, 0.1) is 19.7 Å². The Morgan fingerprint density at radius 3 is 2.33 bits per heavy atom. The van der Waals surface area contributed by atoms with Crippen LogP contribution in [0.15, 0.2) is 64.6 Å². The molecule has 39 heavy (non-hydrogen) atoms. The van der Waals surface area contributed by atoms with Gasteiger partial charge in [-0.25, -0.2) is 14.1 Å². The maximum Gasteiger partial charge on any atom is 0.335 e. The Kier molecular flexibility index (Phi) is 8.10. The predicted molar refractivity (Wildman–Crippen MR) is 146 cm³/mol. The van der Waals surface area contributed by atoms with E-state index in [-0.39, 0.29) is 23.7 Å². The Morgan fingerprint density at radius 2 is 1.69 bits per heavy atom. The number of amides is 5. The summed E-state index contributed by atoms with van der Waals surface area (Å²) in [6, 6.07) is 12.7. The molecule has 0 aliphatic carbocycles. The van der Waals surface area contributed by atoms with E-state index in [0.29, 0.717) is 21.4 Å². The third-order valence-electron chi connectivity index (χ3n) is 5.64. The number of aryl methyl sites for hydroxylation is 2. The lowest BCUT2D eigenvalue weighted by atomic mass is 10.0. The third kappa shape index (κ3) is 6.32. The van der Waals surface area contributed by atoms with Crippen molar-refractivity contribution in [3.05, 3.63) is 87.2 Å². The SMILES string of the molecule is COc1cc(/C=C2\C(=O)NC(=O)N(c3cc(C)cc(C)c3)C2=O)c(Br)cc1OCC(=O)Nc1ccc(F)cc1. The van der Waals surface area contributed by atoms with Crippen molar-refractivity contribution in [3.8, 4) is 11.5 Å². The van der Waals surface area contributed by atoms with E-state index in [1.165, 1.54) is 49.6 Å². The molecule has 0 spiro atoms. The van der Waals surface area contributed by atoms with Gasteiger partial charge in [0.1, 0.15) is 11.4 Å². The number of carbonyl (C=O) groups excluding carboxylic acids is 4. The van der Waals surface area contributed by atoms with Gasteiger partial charge in [0.25, 0.3) is 17.7 Å². The molecule has 0 radical (unpaired) electrons. The number of anilines is 2. The number of carbonyl (C=O) groups is 4. The smallest absolute Gasteiger partial charge is 0.335 e. The van der Waals surface area contributed by atoms with Gasteiger partial charge in [0.15, 0.2) is 18.1 Å². The van der Waals surface area contributed by atoms with Crippen LogP contribution in [0.2, 0.25) is 0 Å². The summed E-state index contributed by atoms with van der Waals surface area (Å²) in [6.07, 6.45) is 1.33. The van der Waals surface area contributed by atoms with Crippen molar-refractivity contribution in [2.45, 2.75) is 13.8 Å². The number of benzene rings is 3. The van der Waals surface area contributed by atoms with Crippen LogP contribution < -0.4 is 25.0 Å². The number of hydrogen-bond acceptors (Lipinski definition) is 6. The minimum atomic E-state index is -0.841. The summed E-state index contributed by atoms with van der Waals surface area (Å²) in [4.78, 5) is 51.7. The first-order chi connectivity index (χ1) is 18.5. The number of imide groups is 2. The highest BCUT2D eigenvalue weighted by molar-refractivity contribution is 9.10. The lowest BCUT2D eigenvalue weighted by Gasteiger charge is -2.27. The Hall–Kier alpha value is -4.51. The zero-order chi connectivity index (χ0) is 28.3. The molecule has 4 rings (SSSR count). The van der Waals surface area contributed by atoms with E-state index in [1.807, 2.05) is 19.9 Å². The van der Waals surface area contributed by atoms with Crippen molar-refractivity contribution >= 4 is 57.1 Å². The zero-order valence-corrected chi connectivity index (χ0v) is 22.7. The molecule has 1 heterocycles. The van der Waals surface area contributed by atoms with Crippen molar-refractivity contribution in [2.24, 2.45) is 0 Å². The van der Waals surface area contributed by atoms with E-state index in [4.69, 9.17) is 9.47 Å². The second-order valence-electron chi connectivity index (χ2n) is 8.67. The molecular formula is C28H23BrFN3O6. The molecule has 1 fully saturated rings. The summed E-state index contributed by atoms with van der Waals surface area (Å²) >= 11 is 3.40. The van der Waals surface area contributed by atoms with Crippen molar-refractivity contribution in [1.82, 2.24) is 5.32 Å². The summed E-state index contributed by atoms with van der Waals surface area (Å²) in [5.74, 6) is -2.08. The van der Waals surface area contributed by atoms with Crippen LogP contribution in [0.4, 0.5) is 20.6 Å². The fourth-order valence-electron chi connectivity index (χ4n) is 3.93. The van der Waals surface area contributed by atoms with Crippen LogP contribution in [0.25, 0.3) is 6.08 Å². The van der Waals surface area contributed by atoms with Gasteiger partial charge in [0.2, 0.25) is 0 Å². The number of hydrogen-bond donors (Lipinski definition) is 2. The summed E-state index contributed by atoms with van der Waals surface area (Å²) < 4.78 is 24.5. The highest BCUT2D eigenvalue weighted by Crippen LogP contribution is 2.35. The molecule has 0 saturated carbocycles. The summed E-state index contributed by atoms with van der Waals surface area (Å²) in [5, 5.41) is 4.79. The standard InChI is InChI=1S/C28H23BrFN3O6/c1-15-8-16(2)10-20(9-15)33-27(36)21(26(35)32-28(33)37)11-17-12-23(38-3)24(13-22(17)29)39-14-25(34)31-19-6-4-18(30)5-7-19/h4-13H,14H2,1-3H3,(H,31,34)(H,32,35,37)/b21-11+. The Morgan fingerprint density at radius 1 is 1.03 bits per heavy atom. The van der Waals surface area contributed by atoms with Crippen LogP contribution in [-0.2, 0) is 14.4 Å². The van der Waals surface area contributed by atoms with E-state index in [9.17, 15) is 23.6 Å². The maximum atomic E-state index is 13.3. The van der Waals surface area contributed by atoms with E-state index in [0.717, 1.165) is 16.0 Å². The largest absolute Gasteiger partial charge is 0.493 e. The van der Waals surface area contributed by atoms with Gasteiger partial charge in [-0.3, -0.25) is 19.7 Å². The fraction of sp³-hybridized carbons (Fsp3) is 0.143. The van der Waals surface area contributed by atoms with Crippen LogP contribution in [0.1, 0.15) is 16.7 Å². The van der Waals surface area contributed by atoms with Gasteiger partial charge in [-0.1, -0.05) is 22.0 Å². The number of nitrogens with one attached hydrogen (secondary N) is 2. The quantitative estimate of drug-likeness (QED) is 0.297. The molecular weight excluding hydrogens is 573 g/mol. The minimum absolute atomic E-state index is 0.215. The Balaban J connectivity index is 1.57.